The number of hydrogen-bond donors (Lipinski definition) is 5. The number of amides is 7. The second-order valence-electron chi connectivity index (χ2n) is 8.26. The number of halogens is 1. The summed E-state index contributed by atoms with van der Waals surface area (Å²) in [4.78, 5) is 75.7. The predicted octanol–water partition coefficient (Wildman–Crippen LogP) is -0.468. The molecule has 1 atom stereocenters. The SMILES string of the molecule is O=C(O)NC1CN(C(=O)NS(=O)(=O)N2CCN(NC(=O)c3[nH]cc(OCc4ccccc4)c(=O)c3Br)C2=O)C1=O. The number of urea groups is 2. The number of benzene rings is 1. The van der Waals surface area contributed by atoms with E-state index in [-0.39, 0.29) is 33.4 Å². The number of nitrogens with one attached hydrogen (secondary N) is 4. The topological polar surface area (TPSA) is 228 Å². The van der Waals surface area contributed by atoms with Gasteiger partial charge < -0.3 is 20.1 Å². The Morgan fingerprint density at radius 1 is 1.12 bits per heavy atom. The van der Waals surface area contributed by atoms with Gasteiger partial charge >= 0.3 is 28.4 Å². The van der Waals surface area contributed by atoms with E-state index < -0.39 is 64.7 Å². The number of carbonyl (C=O) groups is 5. The molecule has 0 radical (unpaired) electrons. The number of carboxylic acid groups (broad SMARTS) is 1. The highest BCUT2D eigenvalue weighted by molar-refractivity contribution is 9.10. The van der Waals surface area contributed by atoms with Gasteiger partial charge in [0.15, 0.2) is 5.75 Å². The van der Waals surface area contributed by atoms with Crippen molar-refractivity contribution in [3.05, 3.63) is 62.5 Å². The molecule has 2 aliphatic rings. The van der Waals surface area contributed by atoms with Crippen molar-refractivity contribution in [2.45, 2.75) is 12.6 Å². The van der Waals surface area contributed by atoms with Gasteiger partial charge in [-0.1, -0.05) is 30.3 Å². The molecule has 0 saturated carbocycles. The summed E-state index contributed by atoms with van der Waals surface area (Å²) in [6, 6.07) is 5.20. The Labute approximate surface area is 233 Å². The van der Waals surface area contributed by atoms with Gasteiger partial charge in [0.25, 0.3) is 11.8 Å². The molecule has 40 heavy (non-hydrogen) atoms. The molecule has 19 heteroatoms. The summed E-state index contributed by atoms with van der Waals surface area (Å²) in [6.45, 7) is -1.10. The minimum Gasteiger partial charge on any atom is -0.483 e. The molecule has 5 N–H and O–H groups in total. The minimum absolute atomic E-state index is 0.0803. The maximum absolute atomic E-state index is 12.7. The quantitative estimate of drug-likeness (QED) is 0.233. The first-order valence-electron chi connectivity index (χ1n) is 11.2. The number of H-pyrrole nitrogens is 1. The molecular weight excluding hydrogens is 622 g/mol. The molecule has 2 aliphatic heterocycles. The first kappa shape index (κ1) is 28.4. The van der Waals surface area contributed by atoms with Crippen molar-refractivity contribution in [1.82, 2.24) is 34.7 Å². The van der Waals surface area contributed by atoms with Crippen LogP contribution in [-0.2, 0) is 21.6 Å². The monoisotopic (exact) mass is 641 g/mol. The molecule has 212 valence electrons. The van der Waals surface area contributed by atoms with E-state index in [1.165, 1.54) is 0 Å². The Morgan fingerprint density at radius 3 is 2.48 bits per heavy atom. The summed E-state index contributed by atoms with van der Waals surface area (Å²) < 4.78 is 32.3. The number of hydrazine groups is 1. The van der Waals surface area contributed by atoms with E-state index in [0.29, 0.717) is 9.91 Å². The molecule has 3 heterocycles. The average molecular weight is 642 g/mol. The van der Waals surface area contributed by atoms with Gasteiger partial charge in [0.05, 0.1) is 24.1 Å². The number of nitrogens with zero attached hydrogens (tertiary/aromatic N) is 3. The van der Waals surface area contributed by atoms with Crippen molar-refractivity contribution in [3.8, 4) is 5.75 Å². The van der Waals surface area contributed by atoms with Crippen LogP contribution in [0.25, 0.3) is 0 Å². The fourth-order valence-corrected chi connectivity index (χ4v) is 5.16. The van der Waals surface area contributed by atoms with Gasteiger partial charge in [-0.2, -0.15) is 8.42 Å². The van der Waals surface area contributed by atoms with Gasteiger partial charge in [0.1, 0.15) is 18.3 Å². The number of hydrogen-bond acceptors (Lipinski definition) is 9. The third-order valence-corrected chi connectivity index (χ3v) is 7.75. The smallest absolute Gasteiger partial charge is 0.405 e. The maximum Gasteiger partial charge on any atom is 0.405 e. The number of β-lactam (4-membered cyclic amide) rings is 1. The molecule has 2 saturated heterocycles. The molecule has 2 fully saturated rings. The van der Waals surface area contributed by atoms with Crippen LogP contribution in [-0.4, -0.2) is 88.4 Å². The lowest BCUT2D eigenvalue weighted by atomic mass is 10.1. The van der Waals surface area contributed by atoms with Crippen molar-refractivity contribution in [2.75, 3.05) is 19.6 Å². The van der Waals surface area contributed by atoms with Crippen molar-refractivity contribution >= 4 is 56.1 Å². The lowest BCUT2D eigenvalue weighted by Crippen LogP contribution is -2.67. The summed E-state index contributed by atoms with van der Waals surface area (Å²) in [6.07, 6.45) is -0.337. The minimum atomic E-state index is -4.80. The number of likely N-dealkylation sites (tertiary alicyclic amines) is 1. The Balaban J connectivity index is 1.35. The van der Waals surface area contributed by atoms with Crippen LogP contribution in [0.2, 0.25) is 0 Å². The standard InChI is InChI=1S/C21H20BrN7O10S/c22-14-15(23-8-13(16(14)30)39-10-11-4-2-1-3-5-11)17(31)25-28-6-7-29(21(28)36)40(37,38)26-19(33)27-9-12(18(27)32)24-20(34)35/h1-5,8,12,24H,6-7,9-10H2,(H,23,30)(H,25,31)(H,26,33)(H,34,35). The summed E-state index contributed by atoms with van der Waals surface area (Å²) in [7, 11) is -4.80. The summed E-state index contributed by atoms with van der Waals surface area (Å²) in [5, 5.41) is 11.1. The molecule has 0 aliphatic carbocycles. The van der Waals surface area contributed by atoms with E-state index in [0.717, 1.165) is 11.8 Å². The number of aromatic amines is 1. The van der Waals surface area contributed by atoms with E-state index in [1.807, 2.05) is 11.4 Å². The first-order chi connectivity index (χ1) is 18.9. The highest BCUT2D eigenvalue weighted by atomic mass is 79.9. The molecule has 2 aromatic rings. The third-order valence-electron chi connectivity index (χ3n) is 5.64. The van der Waals surface area contributed by atoms with Crippen LogP contribution < -0.4 is 25.6 Å². The zero-order chi connectivity index (χ0) is 29.2. The average Bonchev–Trinajstić information content (AvgIpc) is 3.27. The molecule has 4 rings (SSSR count). The van der Waals surface area contributed by atoms with Crippen LogP contribution in [0.15, 0.2) is 45.8 Å². The van der Waals surface area contributed by atoms with Gasteiger partial charge in [-0.25, -0.2) is 28.4 Å². The fraction of sp³-hybridized carbons (Fsp3) is 0.238. The highest BCUT2D eigenvalue weighted by Gasteiger charge is 2.45. The van der Waals surface area contributed by atoms with Crippen LogP contribution in [0.3, 0.4) is 0 Å². The molecular formula is C21H20BrN7O10S. The highest BCUT2D eigenvalue weighted by Crippen LogP contribution is 2.17. The molecule has 1 aromatic heterocycles. The largest absolute Gasteiger partial charge is 0.483 e. The third kappa shape index (κ3) is 5.83. The predicted molar refractivity (Wildman–Crippen MR) is 136 cm³/mol. The second kappa shape index (κ2) is 11.2. The zero-order valence-electron chi connectivity index (χ0n) is 20.1. The Kier molecular flexibility index (Phi) is 7.96. The Bertz CT molecular complexity index is 1550. The number of aromatic nitrogens is 1. The Hall–Kier alpha value is -4.65. The van der Waals surface area contributed by atoms with E-state index in [4.69, 9.17) is 9.84 Å². The number of pyridine rings is 1. The van der Waals surface area contributed by atoms with Crippen molar-refractivity contribution in [1.29, 1.82) is 0 Å². The summed E-state index contributed by atoms with van der Waals surface area (Å²) >= 11 is 3.03. The molecule has 1 aromatic carbocycles. The maximum atomic E-state index is 12.7. The van der Waals surface area contributed by atoms with Crippen LogP contribution in [0.1, 0.15) is 16.1 Å². The number of ether oxygens (including phenoxy) is 1. The van der Waals surface area contributed by atoms with E-state index >= 15 is 0 Å². The van der Waals surface area contributed by atoms with Crippen molar-refractivity contribution in [2.24, 2.45) is 0 Å². The van der Waals surface area contributed by atoms with Gasteiger partial charge in [-0.3, -0.25) is 24.7 Å². The molecule has 0 bridgehead atoms. The van der Waals surface area contributed by atoms with Crippen molar-refractivity contribution < 1.29 is 42.2 Å². The van der Waals surface area contributed by atoms with Crippen LogP contribution in [0.4, 0.5) is 14.4 Å². The first-order valence-corrected chi connectivity index (χ1v) is 13.5. The van der Waals surface area contributed by atoms with Gasteiger partial charge in [-0.15, -0.1) is 0 Å². The van der Waals surface area contributed by atoms with E-state index in [9.17, 15) is 37.2 Å². The second-order valence-corrected chi connectivity index (χ2v) is 10.6. The Morgan fingerprint density at radius 2 is 1.82 bits per heavy atom. The fourth-order valence-electron chi connectivity index (χ4n) is 3.60. The van der Waals surface area contributed by atoms with Crippen molar-refractivity contribution in [3.63, 3.8) is 0 Å². The van der Waals surface area contributed by atoms with Gasteiger partial charge in [-0.05, 0) is 21.5 Å². The molecule has 17 nitrogen and oxygen atoms in total. The molecule has 1 unspecified atom stereocenters. The normalized spacial score (nSPS) is 16.8. The summed E-state index contributed by atoms with van der Waals surface area (Å²) in [5.41, 5.74) is 2.05. The van der Waals surface area contributed by atoms with Gasteiger partial charge in [0.2, 0.25) is 5.43 Å². The van der Waals surface area contributed by atoms with Crippen LogP contribution >= 0.6 is 15.9 Å². The van der Waals surface area contributed by atoms with Gasteiger partial charge in [0, 0.05) is 6.20 Å². The number of imide groups is 1. The van der Waals surface area contributed by atoms with E-state index in [1.54, 1.807) is 29.0 Å². The number of carbonyl (C=O) groups excluding carboxylic acids is 4. The lowest BCUT2D eigenvalue weighted by molar-refractivity contribution is -0.138. The lowest BCUT2D eigenvalue weighted by Gasteiger charge is -2.36. The summed E-state index contributed by atoms with van der Waals surface area (Å²) in [5.74, 6) is -2.02. The van der Waals surface area contributed by atoms with E-state index in [2.05, 4.69) is 26.3 Å². The molecule has 0 spiro atoms. The van der Waals surface area contributed by atoms with Crippen LogP contribution in [0.5, 0.6) is 5.75 Å². The molecule has 7 amide bonds. The number of rotatable bonds is 8. The van der Waals surface area contributed by atoms with Crippen LogP contribution in [0, 0.1) is 0 Å². The zero-order valence-corrected chi connectivity index (χ0v) is 22.5.